The second-order valence-corrected chi connectivity index (χ2v) is 17.1. The summed E-state index contributed by atoms with van der Waals surface area (Å²) in [6.45, 7) is 2.24. The summed E-state index contributed by atoms with van der Waals surface area (Å²) in [4.78, 5) is 50.0. The Labute approximate surface area is 358 Å². The number of nitrogens with zero attached hydrogens (tertiary/aromatic N) is 6. The van der Waals surface area contributed by atoms with Gasteiger partial charge in [0.15, 0.2) is 0 Å². The summed E-state index contributed by atoms with van der Waals surface area (Å²) in [6, 6.07) is 36.0. The minimum absolute atomic E-state index is 0.0323. The van der Waals surface area contributed by atoms with E-state index in [-0.39, 0.29) is 29.9 Å². The van der Waals surface area contributed by atoms with Gasteiger partial charge >= 0.3 is 0 Å². The van der Waals surface area contributed by atoms with Crippen LogP contribution in [0.15, 0.2) is 127 Å². The molecule has 11 nitrogen and oxygen atoms in total. The summed E-state index contributed by atoms with van der Waals surface area (Å²) < 4.78 is 12.3. The Morgan fingerprint density at radius 1 is 0.738 bits per heavy atom. The van der Waals surface area contributed by atoms with Crippen molar-refractivity contribution >= 4 is 23.1 Å². The highest BCUT2D eigenvalue weighted by Crippen LogP contribution is 2.42. The molecule has 0 radical (unpaired) electrons. The van der Waals surface area contributed by atoms with Gasteiger partial charge in [-0.1, -0.05) is 109 Å². The van der Waals surface area contributed by atoms with Crippen molar-refractivity contribution in [3.63, 3.8) is 0 Å². The number of carbonyl (C=O) groups is 2. The largest absolute Gasteiger partial charge is 0.381 e. The molecule has 1 aromatic heterocycles. The molecule has 1 spiro atoms. The highest BCUT2D eigenvalue weighted by Gasteiger charge is 2.54. The number of rotatable bonds is 11. The smallest absolute Gasteiger partial charge is 0.247 e. The van der Waals surface area contributed by atoms with E-state index in [4.69, 9.17) is 19.5 Å². The monoisotopic (exact) mass is 817 g/mol. The van der Waals surface area contributed by atoms with Crippen molar-refractivity contribution in [1.82, 2.24) is 29.6 Å². The van der Waals surface area contributed by atoms with Crippen LogP contribution in [0.5, 0.6) is 0 Å². The Hall–Kier alpha value is -5.72. The van der Waals surface area contributed by atoms with Crippen molar-refractivity contribution in [3.05, 3.63) is 144 Å². The summed E-state index contributed by atoms with van der Waals surface area (Å²) >= 11 is 0. The number of aliphatic imine (C=N–C) groups is 1. The number of hydrogen-bond donors (Lipinski definition) is 1. The topological polar surface area (TPSA) is 107 Å². The fourth-order valence-electron chi connectivity index (χ4n) is 9.73. The molecule has 0 unspecified atom stereocenters. The summed E-state index contributed by atoms with van der Waals surface area (Å²) in [6.07, 6.45) is 7.59. The molecule has 5 heterocycles. The van der Waals surface area contributed by atoms with Crippen LogP contribution in [-0.2, 0) is 19.1 Å². The third-order valence-corrected chi connectivity index (χ3v) is 12.9. The molecule has 3 fully saturated rings. The lowest BCUT2D eigenvalue weighted by Crippen LogP contribution is -2.58. The minimum Gasteiger partial charge on any atom is -0.381 e. The fourth-order valence-corrected chi connectivity index (χ4v) is 9.73. The van der Waals surface area contributed by atoms with Crippen LogP contribution in [0.3, 0.4) is 0 Å². The van der Waals surface area contributed by atoms with Crippen LogP contribution >= 0.6 is 0 Å². The van der Waals surface area contributed by atoms with Gasteiger partial charge in [0.2, 0.25) is 11.8 Å². The number of likely N-dealkylation sites (N-methyl/N-ethyl adjacent to an activating group) is 2. The van der Waals surface area contributed by atoms with Crippen molar-refractivity contribution in [1.29, 1.82) is 0 Å². The van der Waals surface area contributed by atoms with Gasteiger partial charge in [-0.25, -0.2) is 4.98 Å². The maximum absolute atomic E-state index is 14.7. The number of aromatic amines is 1. The fraction of sp³-hybridized carbons (Fsp3) is 0.360. The van der Waals surface area contributed by atoms with E-state index in [0.717, 1.165) is 69.0 Å². The summed E-state index contributed by atoms with van der Waals surface area (Å²) in [7, 11) is 7.84. The lowest BCUT2D eigenvalue weighted by Gasteiger charge is -2.43. The first-order chi connectivity index (χ1) is 29.7. The van der Waals surface area contributed by atoms with Gasteiger partial charge in [-0.3, -0.25) is 24.4 Å². The van der Waals surface area contributed by atoms with Crippen molar-refractivity contribution < 1.29 is 19.1 Å². The number of aromatic nitrogens is 2. The number of benzene rings is 4. The average molecular weight is 818 g/mol. The first-order valence-corrected chi connectivity index (χ1v) is 21.5. The van der Waals surface area contributed by atoms with Crippen molar-refractivity contribution in [3.8, 4) is 22.4 Å². The van der Waals surface area contributed by atoms with E-state index in [9.17, 15) is 9.59 Å². The third-order valence-electron chi connectivity index (χ3n) is 12.9. The number of ether oxygens (including phenoxy) is 2. The van der Waals surface area contributed by atoms with Gasteiger partial charge in [0.05, 0.1) is 43.8 Å². The zero-order chi connectivity index (χ0) is 42.1. The minimum atomic E-state index is -0.707. The number of imidazole rings is 1. The molecular weight excluding hydrogens is 763 g/mol. The van der Waals surface area contributed by atoms with Crippen molar-refractivity contribution in [2.45, 2.75) is 62.0 Å². The molecule has 3 saturated heterocycles. The normalized spacial score (nSPS) is 21.0. The predicted molar refractivity (Wildman–Crippen MR) is 238 cm³/mol. The maximum Gasteiger partial charge on any atom is 0.247 e. The van der Waals surface area contributed by atoms with E-state index < -0.39 is 11.8 Å². The molecule has 2 amide bonds. The van der Waals surface area contributed by atoms with Crippen LogP contribution in [0.25, 0.3) is 28.0 Å². The quantitative estimate of drug-likeness (QED) is 0.144. The van der Waals surface area contributed by atoms with Crippen LogP contribution in [0.4, 0.5) is 0 Å². The zero-order valence-corrected chi connectivity index (χ0v) is 35.5. The van der Waals surface area contributed by atoms with Gasteiger partial charge in [-0.05, 0) is 80.0 Å². The number of amides is 2. The number of allylic oxidation sites excluding steroid dienone is 1. The molecule has 0 aliphatic carbocycles. The van der Waals surface area contributed by atoms with Crippen LogP contribution in [-0.4, -0.2) is 113 Å². The van der Waals surface area contributed by atoms with Crippen LogP contribution in [0.2, 0.25) is 0 Å². The lowest BCUT2D eigenvalue weighted by molar-refractivity contribution is -0.172. The van der Waals surface area contributed by atoms with Gasteiger partial charge in [0.1, 0.15) is 23.6 Å². The van der Waals surface area contributed by atoms with Crippen LogP contribution < -0.4 is 0 Å². The number of nitrogens with one attached hydrogen (secondary N) is 1. The Morgan fingerprint density at radius 3 is 1.92 bits per heavy atom. The summed E-state index contributed by atoms with van der Waals surface area (Å²) in [5, 5.41) is 0. The summed E-state index contributed by atoms with van der Waals surface area (Å²) in [5.74, 6) is 0.962. The molecule has 4 aliphatic rings. The molecule has 61 heavy (non-hydrogen) atoms. The van der Waals surface area contributed by atoms with E-state index >= 15 is 0 Å². The van der Waals surface area contributed by atoms with Crippen molar-refractivity contribution in [2.75, 3.05) is 54.6 Å². The highest BCUT2D eigenvalue weighted by molar-refractivity contribution is 6.04. The van der Waals surface area contributed by atoms with Gasteiger partial charge in [-0.2, -0.15) is 0 Å². The molecule has 5 aromatic rings. The second kappa shape index (κ2) is 17.3. The van der Waals surface area contributed by atoms with E-state index in [1.54, 1.807) is 0 Å². The molecule has 11 heteroatoms. The average Bonchev–Trinajstić information content (AvgIpc) is 4.12. The van der Waals surface area contributed by atoms with E-state index in [1.165, 1.54) is 0 Å². The SMILES string of the molecule is CN(C)[C@@H](C(=O)N1CCC[C@H]1c1ncc(-c2ccc(-c3ccc(C4=CN=C([C@@H]5COC6(CCOCC6)N5C(=O)[C@@H](c5ccccc5)N(C)C)C4)cc3)cc2)[nH]1)c1ccccc1. The number of carbonyl (C=O) groups excluding carboxylic acids is 2. The number of likely N-dealkylation sites (tertiary alicyclic amines) is 1. The first kappa shape index (κ1) is 40.7. The van der Waals surface area contributed by atoms with Crippen molar-refractivity contribution in [2.24, 2.45) is 4.99 Å². The molecule has 9 rings (SSSR count). The molecule has 314 valence electrons. The zero-order valence-electron chi connectivity index (χ0n) is 35.5. The third kappa shape index (κ3) is 7.99. The summed E-state index contributed by atoms with van der Waals surface area (Å²) in [5.41, 5.74) is 8.64. The molecular formula is C50H55N7O4. The first-order valence-electron chi connectivity index (χ1n) is 21.5. The predicted octanol–water partition coefficient (Wildman–Crippen LogP) is 7.93. The molecule has 4 aromatic carbocycles. The number of hydrogen-bond acceptors (Lipinski definition) is 8. The van der Waals surface area contributed by atoms with Crippen LogP contribution in [0.1, 0.15) is 72.7 Å². The van der Waals surface area contributed by atoms with E-state index in [1.807, 2.05) is 121 Å². The maximum atomic E-state index is 14.7. The molecule has 0 bridgehead atoms. The molecule has 4 aliphatic heterocycles. The van der Waals surface area contributed by atoms with Crippen LogP contribution in [0, 0.1) is 0 Å². The molecule has 4 atom stereocenters. The Morgan fingerprint density at radius 2 is 1.31 bits per heavy atom. The molecule has 1 N–H and O–H groups in total. The van der Waals surface area contributed by atoms with Gasteiger partial charge in [0.25, 0.3) is 0 Å². The second-order valence-electron chi connectivity index (χ2n) is 17.1. The standard InChI is InChI=1S/C50H55N7O4/c1-54(2)45(38-12-7-5-8-13-38)48(58)56-27-11-16-43(56)47-52-32-42(53-47)37-23-21-35(22-24-37)34-17-19-36(20-18-34)40-30-41(51-31-40)44-33-61-50(25-28-60-29-26-50)57(44)49(59)46(55(3)4)39-14-9-6-10-15-39/h5-10,12-15,17-24,31-32,43-46H,11,16,25-30,33H2,1-4H3,(H,52,53)/t43-,44-,45+,46+/m0/s1. The Balaban J connectivity index is 0.864. The molecule has 0 saturated carbocycles. The highest BCUT2D eigenvalue weighted by atomic mass is 16.5. The lowest BCUT2D eigenvalue weighted by atomic mass is 9.94. The van der Waals surface area contributed by atoms with E-state index in [2.05, 4.69) is 53.5 Å². The Bertz CT molecular complexity index is 2390. The van der Waals surface area contributed by atoms with Gasteiger partial charge < -0.3 is 24.3 Å². The van der Waals surface area contributed by atoms with E-state index in [0.29, 0.717) is 45.6 Å². The van der Waals surface area contributed by atoms with Gasteiger partial charge in [-0.15, -0.1) is 0 Å². The number of H-pyrrole nitrogens is 1. The van der Waals surface area contributed by atoms with Gasteiger partial charge in [0, 0.05) is 37.7 Å². The Kier molecular flexibility index (Phi) is 11.6.